The van der Waals surface area contributed by atoms with Crippen molar-refractivity contribution in [1.29, 1.82) is 0 Å². The summed E-state index contributed by atoms with van der Waals surface area (Å²) in [6, 6.07) is 9.98. The molecule has 25 heavy (non-hydrogen) atoms. The molecule has 0 radical (unpaired) electrons. The molecule has 0 unspecified atom stereocenters. The Balaban J connectivity index is 2.46. The SMILES string of the molecule is CNS(=O)(CCCC(C)C)(Cc1ccccc1)C1=NC(C)(C)C(=S)N1. The lowest BCUT2D eigenvalue weighted by Gasteiger charge is -2.42. The Labute approximate surface area is 157 Å². The molecule has 0 amide bonds. The Bertz CT molecular complexity index is 725. The van der Waals surface area contributed by atoms with Crippen LogP contribution in [0.2, 0.25) is 0 Å². The Hall–Kier alpha value is -1.11. The number of aliphatic imine (C=N–C) groups is 1. The molecular formula is C19H31N3OS2. The minimum absolute atomic E-state index is 0.428. The molecule has 0 aliphatic carbocycles. The molecule has 2 N–H and O–H groups in total. The van der Waals surface area contributed by atoms with Gasteiger partial charge in [-0.2, -0.15) is 0 Å². The second kappa shape index (κ2) is 7.25. The number of hydrogen-bond donors (Lipinski definition) is 2. The predicted octanol–water partition coefficient (Wildman–Crippen LogP) is 3.64. The fraction of sp³-hybridized carbons (Fsp3) is 0.579. The highest BCUT2D eigenvalue weighted by atomic mass is 32.3. The van der Waals surface area contributed by atoms with Gasteiger partial charge in [0.25, 0.3) is 0 Å². The van der Waals surface area contributed by atoms with E-state index in [-0.39, 0.29) is 0 Å². The molecule has 2 rings (SSSR count). The van der Waals surface area contributed by atoms with Crippen LogP contribution in [0, 0.1) is 5.92 Å². The minimum atomic E-state index is -3.42. The highest BCUT2D eigenvalue weighted by Gasteiger charge is 2.46. The average molecular weight is 382 g/mol. The number of benzene rings is 1. The van der Waals surface area contributed by atoms with Gasteiger partial charge in [0.1, 0.15) is 10.5 Å². The largest absolute Gasteiger partial charge is 0.326 e. The van der Waals surface area contributed by atoms with Gasteiger partial charge >= 0.3 is 0 Å². The van der Waals surface area contributed by atoms with E-state index < -0.39 is 14.8 Å². The van der Waals surface area contributed by atoms with Gasteiger partial charge in [-0.15, -0.1) is 0 Å². The zero-order valence-corrected chi connectivity index (χ0v) is 17.6. The molecule has 4 nitrogen and oxygen atoms in total. The third-order valence-corrected chi connectivity index (χ3v) is 9.49. The highest BCUT2D eigenvalue weighted by Crippen LogP contribution is 2.34. The summed E-state index contributed by atoms with van der Waals surface area (Å²) in [6.45, 7) is 8.30. The quantitative estimate of drug-likeness (QED) is 0.709. The number of nitrogens with one attached hydrogen (secondary N) is 2. The topological polar surface area (TPSA) is 53.5 Å². The monoisotopic (exact) mass is 381 g/mol. The minimum Gasteiger partial charge on any atom is -0.326 e. The smallest absolute Gasteiger partial charge is 0.184 e. The molecule has 1 aliphatic heterocycles. The van der Waals surface area contributed by atoms with Crippen LogP contribution in [-0.4, -0.2) is 32.7 Å². The van der Waals surface area contributed by atoms with Gasteiger partial charge in [-0.25, -0.2) is 4.99 Å². The highest BCUT2D eigenvalue weighted by molar-refractivity contribution is 8.30. The Kier molecular flexibility index (Phi) is 5.86. The maximum atomic E-state index is 14.6. The van der Waals surface area contributed by atoms with Crippen molar-refractivity contribution in [2.24, 2.45) is 10.9 Å². The molecule has 0 aromatic heterocycles. The third-order valence-electron chi connectivity index (χ3n) is 4.75. The molecule has 1 aromatic rings. The molecule has 1 heterocycles. The van der Waals surface area contributed by atoms with E-state index in [1.807, 2.05) is 44.2 Å². The van der Waals surface area contributed by atoms with Gasteiger partial charge in [0.2, 0.25) is 0 Å². The molecular weight excluding hydrogens is 350 g/mol. The van der Waals surface area contributed by atoms with Crippen LogP contribution in [0.15, 0.2) is 35.3 Å². The molecule has 1 aliphatic rings. The first-order chi connectivity index (χ1) is 11.6. The summed E-state index contributed by atoms with van der Waals surface area (Å²) in [5, 5.41) is 3.72. The van der Waals surface area contributed by atoms with Crippen molar-refractivity contribution in [3.8, 4) is 0 Å². The Morgan fingerprint density at radius 1 is 1.28 bits per heavy atom. The zero-order valence-electron chi connectivity index (χ0n) is 16.0. The maximum Gasteiger partial charge on any atom is 0.184 e. The van der Waals surface area contributed by atoms with Crippen LogP contribution in [0.5, 0.6) is 0 Å². The Morgan fingerprint density at radius 3 is 2.40 bits per heavy atom. The second-order valence-corrected chi connectivity index (χ2v) is 12.3. The molecule has 1 aromatic carbocycles. The molecule has 0 bridgehead atoms. The number of rotatable bonds is 7. The van der Waals surface area contributed by atoms with Crippen LogP contribution in [0.25, 0.3) is 0 Å². The third kappa shape index (κ3) is 4.36. The van der Waals surface area contributed by atoms with E-state index in [1.165, 1.54) is 0 Å². The van der Waals surface area contributed by atoms with Crippen LogP contribution in [0.4, 0.5) is 0 Å². The first-order valence-electron chi connectivity index (χ1n) is 8.88. The molecule has 0 spiro atoms. The summed E-state index contributed by atoms with van der Waals surface area (Å²) < 4.78 is 17.8. The van der Waals surface area contributed by atoms with Gasteiger partial charge < -0.3 is 5.32 Å². The molecule has 140 valence electrons. The van der Waals surface area contributed by atoms with Crippen molar-refractivity contribution >= 4 is 31.6 Å². The van der Waals surface area contributed by atoms with Gasteiger partial charge in [0.15, 0.2) is 5.17 Å². The number of amidine groups is 1. The fourth-order valence-corrected chi connectivity index (χ4v) is 6.72. The van der Waals surface area contributed by atoms with Gasteiger partial charge in [0, 0.05) is 20.8 Å². The lowest BCUT2D eigenvalue weighted by Crippen LogP contribution is -2.59. The van der Waals surface area contributed by atoms with E-state index >= 15 is 0 Å². The van der Waals surface area contributed by atoms with Crippen molar-refractivity contribution in [2.75, 3.05) is 12.8 Å². The zero-order chi connectivity index (χ0) is 18.7. The van der Waals surface area contributed by atoms with Crippen molar-refractivity contribution in [1.82, 2.24) is 10.0 Å². The standard InChI is InChI=1S/C19H31N3OS2/c1-15(2)10-9-13-25(23,20-5,14-16-11-7-6-8-12-16)18-21-17(24)19(3,4)22-18/h6-8,11-12,15H,9-10,13-14H2,1-5H3,(H,20,23)(H,21,22,24). The lowest BCUT2D eigenvalue weighted by atomic mass is 10.1. The van der Waals surface area contributed by atoms with Crippen LogP contribution in [-0.2, 0) is 15.0 Å². The van der Waals surface area contributed by atoms with Crippen LogP contribution >= 0.6 is 12.2 Å². The lowest BCUT2D eigenvalue weighted by molar-refractivity contribution is 0.571. The maximum absolute atomic E-state index is 14.6. The normalized spacial score (nSPS) is 18.6. The van der Waals surface area contributed by atoms with Crippen LogP contribution in [0.1, 0.15) is 46.1 Å². The summed E-state index contributed by atoms with van der Waals surface area (Å²) in [7, 11) is -1.63. The van der Waals surface area contributed by atoms with Crippen molar-refractivity contribution in [2.45, 2.75) is 51.8 Å². The summed E-state index contributed by atoms with van der Waals surface area (Å²) in [5.41, 5.74) is 0.525. The van der Waals surface area contributed by atoms with Crippen molar-refractivity contribution in [3.05, 3.63) is 35.9 Å². The summed E-state index contributed by atoms with van der Waals surface area (Å²) in [4.78, 5) is 5.38. The van der Waals surface area contributed by atoms with Crippen molar-refractivity contribution in [3.63, 3.8) is 0 Å². The summed E-state index contributed by atoms with van der Waals surface area (Å²) >= 11 is 5.44. The molecule has 0 saturated carbocycles. The molecule has 0 saturated heterocycles. The first kappa shape index (κ1) is 20.2. The van der Waals surface area contributed by atoms with E-state index in [0.29, 0.717) is 27.6 Å². The van der Waals surface area contributed by atoms with Gasteiger partial charge in [-0.05, 0) is 38.8 Å². The first-order valence-corrected chi connectivity index (χ1v) is 11.6. The van der Waals surface area contributed by atoms with E-state index in [1.54, 1.807) is 7.05 Å². The number of nitrogens with zero attached hydrogens (tertiary/aromatic N) is 1. The average Bonchev–Trinajstić information content (AvgIpc) is 2.83. The van der Waals surface area contributed by atoms with Gasteiger partial charge in [0.05, 0.1) is 0 Å². The van der Waals surface area contributed by atoms with E-state index in [0.717, 1.165) is 18.4 Å². The Morgan fingerprint density at radius 2 is 1.92 bits per heavy atom. The number of hydrogen-bond acceptors (Lipinski definition) is 3. The van der Waals surface area contributed by atoms with Crippen LogP contribution < -0.4 is 10.0 Å². The fourth-order valence-electron chi connectivity index (χ4n) is 3.04. The summed E-state index contributed by atoms with van der Waals surface area (Å²) in [5.74, 6) is 1.57. The van der Waals surface area contributed by atoms with Gasteiger partial charge in [-0.3, -0.25) is 8.93 Å². The molecule has 6 heteroatoms. The summed E-state index contributed by atoms with van der Waals surface area (Å²) in [6.07, 6.45) is 1.91. The second-order valence-electron chi connectivity index (χ2n) is 7.79. The molecule has 0 atom stereocenters. The van der Waals surface area contributed by atoms with E-state index in [9.17, 15) is 4.21 Å². The number of thiocarbonyl (C=S) groups is 1. The van der Waals surface area contributed by atoms with Crippen molar-refractivity contribution < 1.29 is 4.21 Å². The van der Waals surface area contributed by atoms with E-state index in [2.05, 4.69) is 23.9 Å². The molecule has 0 fully saturated rings. The van der Waals surface area contributed by atoms with E-state index in [4.69, 9.17) is 17.2 Å². The van der Waals surface area contributed by atoms with Crippen LogP contribution in [0.3, 0.4) is 0 Å². The predicted molar refractivity (Wildman–Crippen MR) is 114 cm³/mol. The van der Waals surface area contributed by atoms with Gasteiger partial charge in [-0.1, -0.05) is 62.8 Å².